The molecule has 136 valence electrons. The third-order valence-corrected chi connectivity index (χ3v) is 4.18. The molecular formula is C20H39NO2. The topological polar surface area (TPSA) is 49.3 Å². The SMILES string of the molecule is CCCCCCCCCCCCCC/C=C\C(CO)NC(C)=O. The van der Waals surface area contributed by atoms with Gasteiger partial charge in [-0.2, -0.15) is 0 Å². The second-order valence-corrected chi connectivity index (χ2v) is 6.60. The lowest BCUT2D eigenvalue weighted by Gasteiger charge is -2.09. The molecule has 1 amide bonds. The molecule has 0 saturated heterocycles. The number of aliphatic hydroxyl groups is 1. The Morgan fingerprint density at radius 1 is 0.913 bits per heavy atom. The molecule has 1 atom stereocenters. The molecule has 0 saturated carbocycles. The number of rotatable bonds is 16. The average molecular weight is 326 g/mol. The number of allylic oxidation sites excluding steroid dienone is 1. The minimum atomic E-state index is -0.232. The van der Waals surface area contributed by atoms with Crippen LogP contribution in [0.3, 0.4) is 0 Å². The van der Waals surface area contributed by atoms with Crippen molar-refractivity contribution in [2.75, 3.05) is 6.61 Å². The molecule has 3 heteroatoms. The van der Waals surface area contributed by atoms with E-state index in [1.54, 1.807) is 0 Å². The van der Waals surface area contributed by atoms with Crippen LogP contribution in [0, 0.1) is 0 Å². The highest BCUT2D eigenvalue weighted by molar-refractivity contribution is 5.73. The molecule has 0 aliphatic carbocycles. The Morgan fingerprint density at radius 2 is 1.39 bits per heavy atom. The van der Waals surface area contributed by atoms with Gasteiger partial charge in [0.25, 0.3) is 0 Å². The molecule has 0 heterocycles. The molecule has 0 fully saturated rings. The van der Waals surface area contributed by atoms with Gasteiger partial charge in [0, 0.05) is 6.92 Å². The molecule has 3 nitrogen and oxygen atoms in total. The zero-order valence-electron chi connectivity index (χ0n) is 15.5. The predicted octanol–water partition coefficient (Wildman–Crippen LogP) is 5.13. The summed E-state index contributed by atoms with van der Waals surface area (Å²) in [6.45, 7) is 3.71. The fraction of sp³-hybridized carbons (Fsp3) is 0.850. The van der Waals surface area contributed by atoms with Crippen LogP contribution in [0.5, 0.6) is 0 Å². The van der Waals surface area contributed by atoms with Crippen molar-refractivity contribution in [3.63, 3.8) is 0 Å². The van der Waals surface area contributed by atoms with Crippen LogP contribution in [0.1, 0.15) is 97.3 Å². The molecule has 0 spiro atoms. The summed E-state index contributed by atoms with van der Waals surface area (Å²) in [5, 5.41) is 11.8. The number of carbonyl (C=O) groups excluding carboxylic acids is 1. The third-order valence-electron chi connectivity index (χ3n) is 4.18. The summed E-state index contributed by atoms with van der Waals surface area (Å²) >= 11 is 0. The van der Waals surface area contributed by atoms with Gasteiger partial charge >= 0.3 is 0 Å². The van der Waals surface area contributed by atoms with Crippen LogP contribution in [0.15, 0.2) is 12.2 Å². The van der Waals surface area contributed by atoms with Crippen LogP contribution < -0.4 is 5.32 Å². The zero-order valence-corrected chi connectivity index (χ0v) is 15.5. The number of hydrogen-bond acceptors (Lipinski definition) is 2. The van der Waals surface area contributed by atoms with Gasteiger partial charge in [-0.3, -0.25) is 4.79 Å². The second kappa shape index (κ2) is 17.5. The minimum absolute atomic E-state index is 0.0332. The summed E-state index contributed by atoms with van der Waals surface area (Å²) in [6.07, 6.45) is 21.4. The van der Waals surface area contributed by atoms with E-state index in [4.69, 9.17) is 5.11 Å². The van der Waals surface area contributed by atoms with Crippen molar-refractivity contribution >= 4 is 5.91 Å². The Bertz CT molecular complexity index is 289. The van der Waals surface area contributed by atoms with Gasteiger partial charge in [-0.15, -0.1) is 0 Å². The fourth-order valence-electron chi connectivity index (χ4n) is 2.78. The minimum Gasteiger partial charge on any atom is -0.394 e. The lowest BCUT2D eigenvalue weighted by molar-refractivity contribution is -0.119. The molecule has 23 heavy (non-hydrogen) atoms. The van der Waals surface area contributed by atoms with Crippen LogP contribution in [0.2, 0.25) is 0 Å². The Morgan fingerprint density at radius 3 is 1.83 bits per heavy atom. The molecule has 0 aliphatic heterocycles. The highest BCUT2D eigenvalue weighted by Crippen LogP contribution is 2.12. The summed E-state index contributed by atoms with van der Waals surface area (Å²) in [5.74, 6) is -0.0981. The van der Waals surface area contributed by atoms with E-state index in [9.17, 15) is 4.79 Å². The van der Waals surface area contributed by atoms with Gasteiger partial charge in [-0.05, 0) is 12.8 Å². The van der Waals surface area contributed by atoms with E-state index < -0.39 is 0 Å². The average Bonchev–Trinajstić information content (AvgIpc) is 2.53. The largest absolute Gasteiger partial charge is 0.394 e. The lowest BCUT2D eigenvalue weighted by Crippen LogP contribution is -2.34. The van der Waals surface area contributed by atoms with Gasteiger partial charge in [0.1, 0.15) is 0 Å². The number of amides is 1. The molecule has 1 unspecified atom stereocenters. The monoisotopic (exact) mass is 325 g/mol. The summed E-state index contributed by atoms with van der Waals surface area (Å²) in [7, 11) is 0. The van der Waals surface area contributed by atoms with E-state index in [0.29, 0.717) is 0 Å². The van der Waals surface area contributed by atoms with Gasteiger partial charge in [-0.25, -0.2) is 0 Å². The van der Waals surface area contributed by atoms with Crippen molar-refractivity contribution in [3.05, 3.63) is 12.2 Å². The van der Waals surface area contributed by atoms with Crippen molar-refractivity contribution in [1.29, 1.82) is 0 Å². The second-order valence-electron chi connectivity index (χ2n) is 6.60. The van der Waals surface area contributed by atoms with E-state index in [1.807, 2.05) is 6.08 Å². The number of unbranched alkanes of at least 4 members (excludes halogenated alkanes) is 12. The summed E-state index contributed by atoms with van der Waals surface area (Å²) < 4.78 is 0. The smallest absolute Gasteiger partial charge is 0.217 e. The fourth-order valence-corrected chi connectivity index (χ4v) is 2.78. The molecule has 0 bridgehead atoms. The first-order valence-electron chi connectivity index (χ1n) is 9.75. The molecule has 0 aliphatic rings. The van der Waals surface area contributed by atoms with Crippen LogP contribution in [-0.4, -0.2) is 23.7 Å². The van der Waals surface area contributed by atoms with E-state index >= 15 is 0 Å². The van der Waals surface area contributed by atoms with Gasteiger partial charge in [0.15, 0.2) is 0 Å². The van der Waals surface area contributed by atoms with Gasteiger partial charge < -0.3 is 10.4 Å². The third kappa shape index (κ3) is 17.4. The molecule has 0 rings (SSSR count). The van der Waals surface area contributed by atoms with Crippen molar-refractivity contribution in [3.8, 4) is 0 Å². The first-order valence-corrected chi connectivity index (χ1v) is 9.75. The maximum Gasteiger partial charge on any atom is 0.217 e. The molecule has 2 N–H and O–H groups in total. The van der Waals surface area contributed by atoms with Crippen molar-refractivity contribution in [1.82, 2.24) is 5.32 Å². The van der Waals surface area contributed by atoms with Gasteiger partial charge in [0.2, 0.25) is 5.91 Å². The maximum absolute atomic E-state index is 10.9. The molecule has 0 radical (unpaired) electrons. The normalized spacial score (nSPS) is 12.7. The summed E-state index contributed by atoms with van der Waals surface area (Å²) in [5.41, 5.74) is 0. The van der Waals surface area contributed by atoms with Crippen LogP contribution >= 0.6 is 0 Å². The van der Waals surface area contributed by atoms with Crippen LogP contribution in [0.25, 0.3) is 0 Å². The Balaban J connectivity index is 3.28. The van der Waals surface area contributed by atoms with Crippen molar-refractivity contribution in [2.45, 2.75) is 103 Å². The van der Waals surface area contributed by atoms with E-state index in [1.165, 1.54) is 84.0 Å². The lowest BCUT2D eigenvalue weighted by atomic mass is 10.0. The van der Waals surface area contributed by atoms with E-state index in [-0.39, 0.29) is 18.6 Å². The Labute approximate surface area is 143 Å². The number of carbonyl (C=O) groups is 1. The zero-order chi connectivity index (χ0) is 17.2. The highest BCUT2D eigenvalue weighted by atomic mass is 16.3. The maximum atomic E-state index is 10.9. The summed E-state index contributed by atoms with van der Waals surface area (Å²) in [4.78, 5) is 10.9. The van der Waals surface area contributed by atoms with E-state index in [0.717, 1.165) is 6.42 Å². The molecule has 0 aromatic carbocycles. The highest BCUT2D eigenvalue weighted by Gasteiger charge is 2.02. The first kappa shape index (κ1) is 22.2. The number of nitrogens with one attached hydrogen (secondary N) is 1. The quantitative estimate of drug-likeness (QED) is 0.305. The van der Waals surface area contributed by atoms with Crippen molar-refractivity contribution in [2.24, 2.45) is 0 Å². The molecular weight excluding hydrogens is 286 g/mol. The van der Waals surface area contributed by atoms with Gasteiger partial charge in [-0.1, -0.05) is 89.7 Å². The van der Waals surface area contributed by atoms with Crippen LogP contribution in [0.4, 0.5) is 0 Å². The number of hydrogen-bond donors (Lipinski definition) is 2. The van der Waals surface area contributed by atoms with Crippen LogP contribution in [-0.2, 0) is 4.79 Å². The number of aliphatic hydroxyl groups excluding tert-OH is 1. The first-order chi connectivity index (χ1) is 11.2. The molecule has 0 aromatic heterocycles. The standard InChI is InChI=1S/C20H39NO2/c1-3-4-5-6-7-8-9-10-11-12-13-14-15-16-17-20(18-22)21-19(2)23/h16-17,20,22H,3-15,18H2,1-2H3,(H,21,23)/b17-16-. The van der Waals surface area contributed by atoms with Gasteiger partial charge in [0.05, 0.1) is 12.6 Å². The van der Waals surface area contributed by atoms with Crippen molar-refractivity contribution < 1.29 is 9.90 Å². The molecule has 0 aromatic rings. The summed E-state index contributed by atoms with van der Waals surface area (Å²) in [6, 6.07) is -0.232. The van der Waals surface area contributed by atoms with E-state index in [2.05, 4.69) is 18.3 Å². The Hall–Kier alpha value is -0.830. The predicted molar refractivity (Wildman–Crippen MR) is 99.5 cm³/mol. The Kier molecular flexibility index (Phi) is 16.9.